The first-order chi connectivity index (χ1) is 11.6. The van der Waals surface area contributed by atoms with Gasteiger partial charge in [-0.2, -0.15) is 10.1 Å². The second-order valence-corrected chi connectivity index (χ2v) is 5.74. The van der Waals surface area contributed by atoms with E-state index in [1.165, 1.54) is 18.0 Å². The fourth-order valence-electron chi connectivity index (χ4n) is 2.86. The Labute approximate surface area is 141 Å². The third kappa shape index (κ3) is 3.04. The smallest absolute Gasteiger partial charge is 0.260 e. The molecule has 0 aromatic heterocycles. The molecule has 4 heteroatoms. The SMILES string of the molecule is CC(=O)/C=C(\c1ccccc1)[C@@H]1C(=O)N(c2ccccc2)N=C1C. The summed E-state index contributed by atoms with van der Waals surface area (Å²) in [6, 6.07) is 18.8. The Morgan fingerprint density at radius 2 is 1.62 bits per heavy atom. The average Bonchev–Trinajstić information content (AvgIpc) is 2.89. The summed E-state index contributed by atoms with van der Waals surface area (Å²) < 4.78 is 0. The maximum absolute atomic E-state index is 13.0. The van der Waals surface area contributed by atoms with Crippen molar-refractivity contribution in [3.05, 3.63) is 72.3 Å². The third-order valence-corrected chi connectivity index (χ3v) is 3.91. The van der Waals surface area contributed by atoms with E-state index in [9.17, 15) is 9.59 Å². The molecule has 0 aliphatic carbocycles. The lowest BCUT2D eigenvalue weighted by Crippen LogP contribution is -2.28. The highest BCUT2D eigenvalue weighted by atomic mass is 16.2. The van der Waals surface area contributed by atoms with Crippen LogP contribution >= 0.6 is 0 Å². The number of allylic oxidation sites excluding steroid dienone is 1. The first-order valence-electron chi connectivity index (χ1n) is 7.79. The number of amides is 1. The van der Waals surface area contributed by atoms with E-state index in [0.717, 1.165) is 11.3 Å². The van der Waals surface area contributed by atoms with E-state index in [1.54, 1.807) is 0 Å². The van der Waals surface area contributed by atoms with Crippen LogP contribution in [-0.4, -0.2) is 17.4 Å². The molecule has 2 aromatic carbocycles. The monoisotopic (exact) mass is 318 g/mol. The standard InChI is InChI=1S/C20H18N2O2/c1-14(23)13-18(16-9-5-3-6-10-16)19-15(2)21-22(20(19)24)17-11-7-4-8-12-17/h3-13,19H,1-2H3/b18-13+/t19-/m1/s1. The lowest BCUT2D eigenvalue weighted by molar-refractivity contribution is -0.118. The number of carbonyl (C=O) groups excluding carboxylic acids is 2. The van der Waals surface area contributed by atoms with Crippen LogP contribution < -0.4 is 5.01 Å². The fourth-order valence-corrected chi connectivity index (χ4v) is 2.86. The van der Waals surface area contributed by atoms with Crippen molar-refractivity contribution in [1.29, 1.82) is 0 Å². The number of carbonyl (C=O) groups is 2. The van der Waals surface area contributed by atoms with Crippen molar-refractivity contribution in [2.24, 2.45) is 11.0 Å². The summed E-state index contributed by atoms with van der Waals surface area (Å²) in [4.78, 5) is 24.7. The van der Waals surface area contributed by atoms with E-state index in [2.05, 4.69) is 5.10 Å². The summed E-state index contributed by atoms with van der Waals surface area (Å²) in [6.45, 7) is 3.31. The molecule has 0 saturated heterocycles. The Morgan fingerprint density at radius 1 is 1.04 bits per heavy atom. The molecular formula is C20H18N2O2. The Morgan fingerprint density at radius 3 is 2.21 bits per heavy atom. The number of para-hydroxylation sites is 1. The number of ketones is 1. The van der Waals surface area contributed by atoms with Crippen LogP contribution in [0, 0.1) is 5.92 Å². The normalized spacial score (nSPS) is 17.8. The Bertz CT molecular complexity index is 823. The van der Waals surface area contributed by atoms with Crippen LogP contribution in [0.15, 0.2) is 71.8 Å². The minimum absolute atomic E-state index is 0.0902. The van der Waals surface area contributed by atoms with Gasteiger partial charge in [0.25, 0.3) is 5.91 Å². The predicted molar refractivity (Wildman–Crippen MR) is 95.6 cm³/mol. The van der Waals surface area contributed by atoms with E-state index in [1.807, 2.05) is 67.6 Å². The van der Waals surface area contributed by atoms with Crippen molar-refractivity contribution in [3.63, 3.8) is 0 Å². The van der Waals surface area contributed by atoms with Gasteiger partial charge in [0.2, 0.25) is 0 Å². The minimum Gasteiger partial charge on any atom is -0.295 e. The zero-order chi connectivity index (χ0) is 17.1. The molecule has 1 heterocycles. The highest BCUT2D eigenvalue weighted by Crippen LogP contribution is 2.33. The van der Waals surface area contributed by atoms with E-state index in [0.29, 0.717) is 11.3 Å². The van der Waals surface area contributed by atoms with Gasteiger partial charge >= 0.3 is 0 Å². The molecule has 1 amide bonds. The van der Waals surface area contributed by atoms with Crippen LogP contribution in [0.3, 0.4) is 0 Å². The number of hydrogen-bond acceptors (Lipinski definition) is 3. The van der Waals surface area contributed by atoms with Crippen molar-refractivity contribution < 1.29 is 9.59 Å². The van der Waals surface area contributed by atoms with Gasteiger partial charge in [-0.1, -0.05) is 48.5 Å². The van der Waals surface area contributed by atoms with Crippen LogP contribution in [0.5, 0.6) is 0 Å². The average molecular weight is 318 g/mol. The first kappa shape index (κ1) is 15.9. The predicted octanol–water partition coefficient (Wildman–Crippen LogP) is 3.70. The van der Waals surface area contributed by atoms with Crippen LogP contribution in [0.1, 0.15) is 19.4 Å². The summed E-state index contributed by atoms with van der Waals surface area (Å²) in [5, 5.41) is 5.84. The van der Waals surface area contributed by atoms with E-state index in [-0.39, 0.29) is 11.7 Å². The second-order valence-electron chi connectivity index (χ2n) is 5.74. The lowest BCUT2D eigenvalue weighted by atomic mass is 9.88. The van der Waals surface area contributed by atoms with E-state index < -0.39 is 5.92 Å². The highest BCUT2D eigenvalue weighted by Gasteiger charge is 2.37. The molecule has 0 N–H and O–H groups in total. The van der Waals surface area contributed by atoms with Gasteiger partial charge in [-0.25, -0.2) is 0 Å². The van der Waals surface area contributed by atoms with Crippen molar-refractivity contribution in [2.75, 3.05) is 5.01 Å². The molecule has 1 atom stereocenters. The number of hydrazone groups is 1. The molecular weight excluding hydrogens is 300 g/mol. The van der Waals surface area contributed by atoms with Gasteiger partial charge in [-0.15, -0.1) is 0 Å². The molecule has 0 spiro atoms. The molecule has 1 aliphatic rings. The van der Waals surface area contributed by atoms with Crippen molar-refractivity contribution in [2.45, 2.75) is 13.8 Å². The number of nitrogens with zero attached hydrogens (tertiary/aromatic N) is 2. The summed E-state index contributed by atoms with van der Waals surface area (Å²) in [7, 11) is 0. The topological polar surface area (TPSA) is 49.7 Å². The van der Waals surface area contributed by atoms with Crippen LogP contribution in [0.2, 0.25) is 0 Å². The van der Waals surface area contributed by atoms with Crippen molar-refractivity contribution in [1.82, 2.24) is 0 Å². The molecule has 0 radical (unpaired) electrons. The van der Waals surface area contributed by atoms with Gasteiger partial charge in [0.05, 0.1) is 11.4 Å². The Kier molecular flexibility index (Phi) is 4.38. The van der Waals surface area contributed by atoms with Gasteiger partial charge in [-0.05, 0) is 43.2 Å². The maximum atomic E-state index is 13.0. The lowest BCUT2D eigenvalue weighted by Gasteiger charge is -2.17. The number of anilines is 1. The van der Waals surface area contributed by atoms with Gasteiger partial charge in [0.15, 0.2) is 5.78 Å². The van der Waals surface area contributed by atoms with Gasteiger partial charge in [0, 0.05) is 0 Å². The summed E-state index contributed by atoms with van der Waals surface area (Å²) in [5.41, 5.74) is 2.95. The second kappa shape index (κ2) is 6.62. The number of rotatable bonds is 4. The van der Waals surface area contributed by atoms with E-state index >= 15 is 0 Å². The summed E-state index contributed by atoms with van der Waals surface area (Å²) in [5.74, 6) is -0.779. The van der Waals surface area contributed by atoms with Gasteiger partial charge in [0.1, 0.15) is 5.92 Å². The van der Waals surface area contributed by atoms with Gasteiger partial charge < -0.3 is 0 Å². The number of benzene rings is 2. The van der Waals surface area contributed by atoms with Crippen LogP contribution in [0.4, 0.5) is 5.69 Å². The van der Waals surface area contributed by atoms with Gasteiger partial charge in [-0.3, -0.25) is 9.59 Å². The molecule has 120 valence electrons. The van der Waals surface area contributed by atoms with E-state index in [4.69, 9.17) is 0 Å². The molecule has 24 heavy (non-hydrogen) atoms. The molecule has 2 aromatic rings. The summed E-state index contributed by atoms with van der Waals surface area (Å²) in [6.07, 6.45) is 1.53. The van der Waals surface area contributed by atoms with Crippen LogP contribution in [0.25, 0.3) is 5.57 Å². The fraction of sp³-hybridized carbons (Fsp3) is 0.150. The zero-order valence-electron chi connectivity index (χ0n) is 13.6. The summed E-state index contributed by atoms with van der Waals surface area (Å²) >= 11 is 0. The molecule has 0 fully saturated rings. The third-order valence-electron chi connectivity index (χ3n) is 3.91. The largest absolute Gasteiger partial charge is 0.295 e. The molecule has 0 saturated carbocycles. The zero-order valence-corrected chi connectivity index (χ0v) is 13.6. The Balaban J connectivity index is 2.03. The number of hydrogen-bond donors (Lipinski definition) is 0. The quantitative estimate of drug-likeness (QED) is 0.807. The van der Waals surface area contributed by atoms with Crippen LogP contribution in [-0.2, 0) is 9.59 Å². The maximum Gasteiger partial charge on any atom is 0.260 e. The molecule has 0 unspecified atom stereocenters. The molecule has 3 rings (SSSR count). The van der Waals surface area contributed by atoms with Crippen molar-refractivity contribution >= 4 is 28.7 Å². The molecule has 4 nitrogen and oxygen atoms in total. The Hall–Kier alpha value is -3.01. The highest BCUT2D eigenvalue weighted by molar-refractivity contribution is 6.23. The van der Waals surface area contributed by atoms with Crippen molar-refractivity contribution in [3.8, 4) is 0 Å². The molecule has 0 bridgehead atoms. The minimum atomic E-state index is -0.545. The molecule has 1 aliphatic heterocycles. The first-order valence-corrected chi connectivity index (χ1v) is 7.79.